The number of hydrogen-bond acceptors (Lipinski definition) is 3. The van der Waals surface area contributed by atoms with E-state index in [-0.39, 0.29) is 18.9 Å². The first-order valence-corrected chi connectivity index (χ1v) is 4.53. The quantitative estimate of drug-likeness (QED) is 0.774. The van der Waals surface area contributed by atoms with Crippen LogP contribution in [0.15, 0.2) is 6.20 Å². The number of carboxylic acid groups (broad SMARTS) is 1. The van der Waals surface area contributed by atoms with Gasteiger partial charge in [-0.2, -0.15) is 5.10 Å². The summed E-state index contributed by atoms with van der Waals surface area (Å²) in [5.74, 6) is -1.18. The highest BCUT2D eigenvalue weighted by Crippen LogP contribution is 2.25. The summed E-state index contributed by atoms with van der Waals surface area (Å²) in [6, 6.07) is 0. The predicted octanol–water partition coefficient (Wildman–Crippen LogP) is 0.590. The number of nitrogens with two attached hydrogens (primary N) is 1. The number of aromatic nitrogens is 2. The first-order chi connectivity index (χ1) is 6.56. The van der Waals surface area contributed by atoms with Crippen LogP contribution in [0.2, 0.25) is 5.02 Å². The monoisotopic (exact) mass is 217 g/mol. The van der Waals surface area contributed by atoms with Crippen LogP contribution < -0.4 is 5.73 Å². The fraction of sp³-hybridized carbons (Fsp3) is 0.500. The summed E-state index contributed by atoms with van der Waals surface area (Å²) in [6.07, 6.45) is 1.46. The van der Waals surface area contributed by atoms with Crippen LogP contribution in [0.4, 0.5) is 0 Å². The van der Waals surface area contributed by atoms with Crippen LogP contribution in [0.25, 0.3) is 0 Å². The zero-order valence-electron chi connectivity index (χ0n) is 7.77. The van der Waals surface area contributed by atoms with Gasteiger partial charge in [-0.1, -0.05) is 11.6 Å². The highest BCUT2D eigenvalue weighted by atomic mass is 35.5. The third-order valence-electron chi connectivity index (χ3n) is 2.03. The van der Waals surface area contributed by atoms with E-state index in [0.29, 0.717) is 10.7 Å². The fourth-order valence-corrected chi connectivity index (χ4v) is 1.70. The number of rotatable bonds is 4. The molecule has 0 aliphatic rings. The summed E-state index contributed by atoms with van der Waals surface area (Å²) < 4.78 is 1.56. The number of carbonyl (C=O) groups is 1. The number of aryl methyl sites for hydroxylation is 1. The molecule has 0 fully saturated rings. The molecular formula is C8H12ClN3O2. The van der Waals surface area contributed by atoms with Crippen LogP contribution in [0, 0.1) is 0 Å². The molecule has 1 aromatic rings. The molecule has 0 spiro atoms. The third-order valence-corrected chi connectivity index (χ3v) is 2.32. The second-order valence-corrected chi connectivity index (χ2v) is 3.44. The average molecular weight is 218 g/mol. The molecule has 0 aromatic carbocycles. The Balaban J connectivity index is 2.94. The highest BCUT2D eigenvalue weighted by Gasteiger charge is 2.20. The number of aliphatic carboxylic acids is 1. The summed E-state index contributed by atoms with van der Waals surface area (Å²) in [4.78, 5) is 10.6. The molecule has 0 radical (unpaired) electrons. The maximum atomic E-state index is 10.6. The maximum absolute atomic E-state index is 10.6. The van der Waals surface area contributed by atoms with Crippen molar-refractivity contribution in [3.8, 4) is 0 Å². The number of carboxylic acids is 1. The van der Waals surface area contributed by atoms with Crippen molar-refractivity contribution in [2.75, 3.05) is 6.54 Å². The number of halogens is 1. The molecule has 3 N–H and O–H groups in total. The molecule has 0 aliphatic carbocycles. The molecule has 0 amide bonds. The zero-order chi connectivity index (χ0) is 10.7. The van der Waals surface area contributed by atoms with Crippen molar-refractivity contribution in [1.82, 2.24) is 9.78 Å². The van der Waals surface area contributed by atoms with E-state index in [9.17, 15) is 4.79 Å². The first-order valence-electron chi connectivity index (χ1n) is 4.15. The van der Waals surface area contributed by atoms with Gasteiger partial charge in [0.05, 0.1) is 23.3 Å². The Morgan fingerprint density at radius 1 is 1.86 bits per heavy atom. The molecule has 78 valence electrons. The lowest BCUT2D eigenvalue weighted by molar-refractivity contribution is -0.137. The van der Waals surface area contributed by atoms with Crippen molar-refractivity contribution in [1.29, 1.82) is 0 Å². The molecule has 0 bridgehead atoms. The summed E-state index contributed by atoms with van der Waals surface area (Å²) >= 11 is 5.87. The lowest BCUT2D eigenvalue weighted by Crippen LogP contribution is -2.19. The van der Waals surface area contributed by atoms with Crippen LogP contribution in [-0.2, 0) is 11.8 Å². The Bertz CT molecular complexity index is 318. The van der Waals surface area contributed by atoms with Crippen molar-refractivity contribution in [3.05, 3.63) is 16.9 Å². The molecule has 1 heterocycles. The average Bonchev–Trinajstić information content (AvgIpc) is 2.43. The zero-order valence-corrected chi connectivity index (χ0v) is 8.53. The highest BCUT2D eigenvalue weighted by molar-refractivity contribution is 6.31. The van der Waals surface area contributed by atoms with Crippen molar-refractivity contribution in [2.45, 2.75) is 12.3 Å². The normalized spacial score (nSPS) is 12.8. The molecule has 1 rings (SSSR count). The minimum absolute atomic E-state index is 0.0320. The second-order valence-electron chi connectivity index (χ2n) is 3.03. The topological polar surface area (TPSA) is 81.1 Å². The van der Waals surface area contributed by atoms with Gasteiger partial charge in [0.25, 0.3) is 0 Å². The van der Waals surface area contributed by atoms with E-state index in [2.05, 4.69) is 5.10 Å². The van der Waals surface area contributed by atoms with E-state index >= 15 is 0 Å². The molecule has 1 atom stereocenters. The van der Waals surface area contributed by atoms with Crippen molar-refractivity contribution >= 4 is 17.6 Å². The van der Waals surface area contributed by atoms with Gasteiger partial charge in [0.2, 0.25) is 0 Å². The molecule has 0 saturated carbocycles. The minimum Gasteiger partial charge on any atom is -0.481 e. The van der Waals surface area contributed by atoms with Gasteiger partial charge < -0.3 is 10.8 Å². The standard InChI is InChI=1S/C8H12ClN3O2/c1-12-8(6(9)4-11-12)5(3-10)2-7(13)14/h4-5H,2-3,10H2,1H3,(H,13,14). The van der Waals surface area contributed by atoms with Crippen molar-refractivity contribution < 1.29 is 9.90 Å². The molecule has 0 saturated heterocycles. The molecule has 1 aromatic heterocycles. The van der Waals surface area contributed by atoms with Gasteiger partial charge in [0.1, 0.15) is 0 Å². The number of hydrogen-bond donors (Lipinski definition) is 2. The van der Waals surface area contributed by atoms with E-state index in [1.165, 1.54) is 6.20 Å². The Morgan fingerprint density at radius 3 is 2.86 bits per heavy atom. The lowest BCUT2D eigenvalue weighted by Gasteiger charge is -2.13. The largest absolute Gasteiger partial charge is 0.481 e. The van der Waals surface area contributed by atoms with E-state index in [4.69, 9.17) is 22.4 Å². The van der Waals surface area contributed by atoms with Gasteiger partial charge in [0, 0.05) is 19.5 Å². The van der Waals surface area contributed by atoms with Gasteiger partial charge in [-0.15, -0.1) is 0 Å². The van der Waals surface area contributed by atoms with Crippen molar-refractivity contribution in [2.24, 2.45) is 12.8 Å². The number of nitrogens with zero attached hydrogens (tertiary/aromatic N) is 2. The fourth-order valence-electron chi connectivity index (χ4n) is 1.38. The summed E-state index contributed by atoms with van der Waals surface area (Å²) in [5.41, 5.74) is 6.16. The lowest BCUT2D eigenvalue weighted by atomic mass is 10.0. The molecule has 14 heavy (non-hydrogen) atoms. The SMILES string of the molecule is Cn1ncc(Cl)c1C(CN)CC(=O)O. The summed E-state index contributed by atoms with van der Waals surface area (Å²) in [5, 5.41) is 13.1. The first kappa shape index (κ1) is 11.0. The summed E-state index contributed by atoms with van der Waals surface area (Å²) in [6.45, 7) is 0.242. The molecule has 1 unspecified atom stereocenters. The van der Waals surface area contributed by atoms with Gasteiger partial charge in [-0.25, -0.2) is 0 Å². The van der Waals surface area contributed by atoms with E-state index in [0.717, 1.165) is 0 Å². The van der Waals surface area contributed by atoms with Gasteiger partial charge in [-0.3, -0.25) is 9.48 Å². The smallest absolute Gasteiger partial charge is 0.304 e. The van der Waals surface area contributed by atoms with E-state index < -0.39 is 5.97 Å². The van der Waals surface area contributed by atoms with E-state index in [1.54, 1.807) is 11.7 Å². The predicted molar refractivity (Wildman–Crippen MR) is 52.3 cm³/mol. The second kappa shape index (κ2) is 4.43. The van der Waals surface area contributed by atoms with Crippen LogP contribution >= 0.6 is 11.6 Å². The van der Waals surface area contributed by atoms with Crippen molar-refractivity contribution in [3.63, 3.8) is 0 Å². The Hall–Kier alpha value is -1.07. The van der Waals surface area contributed by atoms with Crippen LogP contribution in [0.1, 0.15) is 18.0 Å². The van der Waals surface area contributed by atoms with Gasteiger partial charge >= 0.3 is 5.97 Å². The maximum Gasteiger partial charge on any atom is 0.304 e. The molecular weight excluding hydrogens is 206 g/mol. The van der Waals surface area contributed by atoms with Crippen LogP contribution in [0.3, 0.4) is 0 Å². The molecule has 6 heteroatoms. The van der Waals surface area contributed by atoms with Gasteiger partial charge in [-0.05, 0) is 0 Å². The molecule has 0 aliphatic heterocycles. The Morgan fingerprint density at radius 2 is 2.50 bits per heavy atom. The Kier molecular flexibility index (Phi) is 3.49. The third kappa shape index (κ3) is 2.24. The van der Waals surface area contributed by atoms with Crippen LogP contribution in [0.5, 0.6) is 0 Å². The van der Waals surface area contributed by atoms with Crippen LogP contribution in [-0.4, -0.2) is 27.4 Å². The van der Waals surface area contributed by atoms with Gasteiger partial charge in [0.15, 0.2) is 0 Å². The Labute approximate surface area is 86.5 Å². The minimum atomic E-state index is -0.891. The van der Waals surface area contributed by atoms with E-state index in [1.807, 2.05) is 0 Å². The molecule has 5 nitrogen and oxygen atoms in total. The summed E-state index contributed by atoms with van der Waals surface area (Å²) in [7, 11) is 1.71.